The number of nitrogens with two attached hydrogens (primary N) is 1. The lowest BCUT2D eigenvalue weighted by atomic mass is 10.1. The van der Waals surface area contributed by atoms with E-state index in [4.69, 9.17) is 5.73 Å². The molecule has 0 aliphatic carbocycles. The Balaban J connectivity index is 2.07. The highest BCUT2D eigenvalue weighted by molar-refractivity contribution is 8.00. The molecule has 0 aromatic carbocycles. The van der Waals surface area contributed by atoms with Crippen molar-refractivity contribution in [1.29, 1.82) is 0 Å². The minimum atomic E-state index is -0.599. The third kappa shape index (κ3) is 2.87. The van der Waals surface area contributed by atoms with Crippen LogP contribution in [0.3, 0.4) is 0 Å². The summed E-state index contributed by atoms with van der Waals surface area (Å²) in [6.45, 7) is 5.85. The van der Waals surface area contributed by atoms with Crippen LogP contribution >= 0.6 is 11.8 Å². The highest BCUT2D eigenvalue weighted by Crippen LogP contribution is 2.30. The van der Waals surface area contributed by atoms with E-state index in [1.165, 1.54) is 0 Å². The van der Waals surface area contributed by atoms with Gasteiger partial charge in [-0.15, -0.1) is 0 Å². The molecule has 1 unspecified atom stereocenters. The lowest BCUT2D eigenvalue weighted by Gasteiger charge is -2.38. The quantitative estimate of drug-likeness (QED) is 0.860. The Morgan fingerprint density at radius 1 is 1.61 bits per heavy atom. The second kappa shape index (κ2) is 4.93. The lowest BCUT2D eigenvalue weighted by molar-refractivity contribution is -0.133. The predicted molar refractivity (Wildman–Crippen MR) is 73.3 cm³/mol. The van der Waals surface area contributed by atoms with E-state index in [1.54, 1.807) is 17.1 Å². The predicted octanol–water partition coefficient (Wildman–Crippen LogP) is 0.774. The summed E-state index contributed by atoms with van der Waals surface area (Å²) in [6.07, 6.45) is 3.46. The zero-order valence-corrected chi connectivity index (χ0v) is 11.9. The van der Waals surface area contributed by atoms with Gasteiger partial charge in [-0.05, 0) is 13.8 Å². The molecule has 1 aromatic rings. The summed E-state index contributed by atoms with van der Waals surface area (Å²) in [5, 5.41) is 4.06. The van der Waals surface area contributed by atoms with Crippen molar-refractivity contribution < 1.29 is 4.79 Å². The van der Waals surface area contributed by atoms with E-state index in [2.05, 4.69) is 18.9 Å². The summed E-state index contributed by atoms with van der Waals surface area (Å²) in [5.41, 5.74) is 6.80. The molecule has 2 N–H and O–H groups in total. The van der Waals surface area contributed by atoms with Crippen molar-refractivity contribution in [3.63, 3.8) is 0 Å². The third-order valence-electron chi connectivity index (χ3n) is 3.09. The molecule has 0 radical (unpaired) electrons. The number of carbonyl (C=O) groups is 1. The molecule has 1 fully saturated rings. The molecule has 1 aliphatic rings. The summed E-state index contributed by atoms with van der Waals surface area (Å²) in [6, 6.07) is -0.599. The Morgan fingerprint density at radius 2 is 2.33 bits per heavy atom. The summed E-state index contributed by atoms with van der Waals surface area (Å²) in [4.78, 5) is 14.2. The lowest BCUT2D eigenvalue weighted by Crippen LogP contribution is -2.49. The minimum Gasteiger partial charge on any atom is -0.339 e. The van der Waals surface area contributed by atoms with Crippen LogP contribution in [0.5, 0.6) is 0 Å². The first-order valence-corrected chi connectivity index (χ1v) is 7.04. The second-order valence-corrected chi connectivity index (χ2v) is 7.10. The van der Waals surface area contributed by atoms with E-state index in [-0.39, 0.29) is 10.7 Å². The minimum absolute atomic E-state index is 0.00336. The number of nitrogens with zero attached hydrogens (tertiary/aromatic N) is 3. The van der Waals surface area contributed by atoms with Gasteiger partial charge in [0.05, 0.1) is 6.20 Å². The van der Waals surface area contributed by atoms with Gasteiger partial charge >= 0.3 is 0 Å². The monoisotopic (exact) mass is 268 g/mol. The number of aryl methyl sites for hydroxylation is 1. The molecule has 0 saturated carbocycles. The van der Waals surface area contributed by atoms with Crippen LogP contribution in [0, 0.1) is 0 Å². The van der Waals surface area contributed by atoms with Gasteiger partial charge in [0, 0.05) is 42.4 Å². The fraction of sp³-hybridized carbons (Fsp3) is 0.667. The average molecular weight is 268 g/mol. The zero-order valence-electron chi connectivity index (χ0n) is 11.1. The first-order valence-electron chi connectivity index (χ1n) is 6.06. The van der Waals surface area contributed by atoms with Crippen LogP contribution in [0.2, 0.25) is 0 Å². The fourth-order valence-electron chi connectivity index (χ4n) is 2.14. The molecule has 1 aromatic heterocycles. The Hall–Kier alpha value is -1.01. The largest absolute Gasteiger partial charge is 0.339 e. The van der Waals surface area contributed by atoms with Crippen LogP contribution in [-0.4, -0.2) is 44.2 Å². The number of rotatable bonds is 2. The zero-order chi connectivity index (χ0) is 13.3. The Labute approximate surface area is 112 Å². The van der Waals surface area contributed by atoms with Gasteiger partial charge < -0.3 is 10.6 Å². The maximum Gasteiger partial charge on any atom is 0.244 e. The molecule has 1 atom stereocenters. The highest BCUT2D eigenvalue weighted by atomic mass is 32.2. The number of hydrogen-bond acceptors (Lipinski definition) is 4. The van der Waals surface area contributed by atoms with Crippen molar-refractivity contribution in [2.45, 2.75) is 24.6 Å². The van der Waals surface area contributed by atoms with E-state index >= 15 is 0 Å². The van der Waals surface area contributed by atoms with Crippen molar-refractivity contribution in [2.24, 2.45) is 12.8 Å². The molecule has 6 heteroatoms. The molecule has 0 spiro atoms. The molecule has 1 saturated heterocycles. The maximum atomic E-state index is 12.4. The smallest absolute Gasteiger partial charge is 0.244 e. The van der Waals surface area contributed by atoms with Gasteiger partial charge in [0.15, 0.2) is 0 Å². The van der Waals surface area contributed by atoms with Crippen LogP contribution < -0.4 is 5.73 Å². The summed E-state index contributed by atoms with van der Waals surface area (Å²) in [5.74, 6) is 0.967. The van der Waals surface area contributed by atoms with Gasteiger partial charge in [0.1, 0.15) is 6.04 Å². The molecule has 1 aliphatic heterocycles. The Kier molecular flexibility index (Phi) is 3.68. The van der Waals surface area contributed by atoms with Crippen LogP contribution in [0.15, 0.2) is 12.4 Å². The van der Waals surface area contributed by atoms with Crippen molar-refractivity contribution in [2.75, 3.05) is 18.8 Å². The second-order valence-electron chi connectivity index (χ2n) is 5.29. The average Bonchev–Trinajstić information content (AvgIpc) is 2.72. The van der Waals surface area contributed by atoms with E-state index in [1.807, 2.05) is 23.7 Å². The molecule has 5 nitrogen and oxygen atoms in total. The maximum absolute atomic E-state index is 12.4. The Morgan fingerprint density at radius 3 is 2.89 bits per heavy atom. The van der Waals surface area contributed by atoms with Gasteiger partial charge in [-0.25, -0.2) is 0 Å². The number of hydrogen-bond donors (Lipinski definition) is 1. The molecule has 1 amide bonds. The molecular formula is C12H20N4OS. The van der Waals surface area contributed by atoms with Crippen LogP contribution in [-0.2, 0) is 11.8 Å². The van der Waals surface area contributed by atoms with Gasteiger partial charge in [0.2, 0.25) is 5.91 Å². The third-order valence-corrected chi connectivity index (χ3v) is 4.38. The van der Waals surface area contributed by atoms with Crippen molar-refractivity contribution in [3.05, 3.63) is 18.0 Å². The SMILES string of the molecule is Cn1cc(C(N)C(=O)N2CCSC(C)(C)C2)cn1. The van der Waals surface area contributed by atoms with Crippen molar-refractivity contribution in [3.8, 4) is 0 Å². The molecule has 100 valence electrons. The fourth-order valence-corrected chi connectivity index (χ4v) is 3.26. The van der Waals surface area contributed by atoms with Crippen LogP contribution in [0.1, 0.15) is 25.5 Å². The first kappa shape index (κ1) is 13.4. The van der Waals surface area contributed by atoms with Crippen molar-refractivity contribution in [1.82, 2.24) is 14.7 Å². The topological polar surface area (TPSA) is 64.2 Å². The normalized spacial score (nSPS) is 20.8. The molecule has 2 heterocycles. The van der Waals surface area contributed by atoms with Crippen LogP contribution in [0.25, 0.3) is 0 Å². The summed E-state index contributed by atoms with van der Waals surface area (Å²) >= 11 is 1.90. The van der Waals surface area contributed by atoms with Gasteiger partial charge in [-0.1, -0.05) is 0 Å². The van der Waals surface area contributed by atoms with E-state index in [9.17, 15) is 4.79 Å². The van der Waals surface area contributed by atoms with Gasteiger partial charge in [0.25, 0.3) is 0 Å². The molecule has 0 bridgehead atoms. The van der Waals surface area contributed by atoms with E-state index < -0.39 is 6.04 Å². The number of aromatic nitrogens is 2. The standard InChI is InChI=1S/C12H20N4OS/c1-12(2)8-16(4-5-18-12)11(17)10(13)9-6-14-15(3)7-9/h6-7,10H,4-5,8,13H2,1-3H3. The number of thioether (sulfide) groups is 1. The molecular weight excluding hydrogens is 248 g/mol. The molecule has 2 rings (SSSR count). The van der Waals surface area contributed by atoms with Gasteiger partial charge in [-0.3, -0.25) is 9.48 Å². The van der Waals surface area contributed by atoms with Crippen molar-refractivity contribution >= 4 is 17.7 Å². The van der Waals surface area contributed by atoms with Crippen LogP contribution in [0.4, 0.5) is 0 Å². The van der Waals surface area contributed by atoms with E-state index in [0.717, 1.165) is 24.4 Å². The van der Waals surface area contributed by atoms with E-state index in [0.29, 0.717) is 0 Å². The molecule has 18 heavy (non-hydrogen) atoms. The highest BCUT2D eigenvalue weighted by Gasteiger charge is 2.32. The first-order chi connectivity index (χ1) is 8.39. The number of amides is 1. The van der Waals surface area contributed by atoms with Gasteiger partial charge in [-0.2, -0.15) is 16.9 Å². The summed E-state index contributed by atoms with van der Waals surface area (Å²) < 4.78 is 1.78. The Bertz CT molecular complexity index is 443. The number of carbonyl (C=O) groups excluding carboxylic acids is 1. The summed E-state index contributed by atoms with van der Waals surface area (Å²) in [7, 11) is 1.82.